The summed E-state index contributed by atoms with van der Waals surface area (Å²) in [5, 5.41) is 4.61. The van der Waals surface area contributed by atoms with Crippen LogP contribution >= 0.6 is 34.7 Å². The number of nitrogen functional groups attached to an aromatic ring is 1. The van der Waals surface area contributed by atoms with E-state index >= 15 is 0 Å². The minimum Gasteiger partial charge on any atom is -0.397 e. The van der Waals surface area contributed by atoms with E-state index in [-0.39, 0.29) is 11.9 Å². The summed E-state index contributed by atoms with van der Waals surface area (Å²) in [6, 6.07) is 5.78. The first kappa shape index (κ1) is 13.1. The Morgan fingerprint density at radius 3 is 3.05 bits per heavy atom. The highest BCUT2D eigenvalue weighted by Gasteiger charge is 2.22. The van der Waals surface area contributed by atoms with Crippen LogP contribution in [-0.2, 0) is 0 Å². The molecule has 100 valence electrons. The van der Waals surface area contributed by atoms with E-state index in [4.69, 9.17) is 17.3 Å². The van der Waals surface area contributed by atoms with Crippen LogP contribution in [0.1, 0.15) is 16.1 Å². The molecule has 6 heteroatoms. The van der Waals surface area contributed by atoms with E-state index in [1.54, 1.807) is 6.07 Å². The van der Waals surface area contributed by atoms with E-state index in [1.165, 1.54) is 11.3 Å². The fourth-order valence-corrected chi connectivity index (χ4v) is 4.61. The fourth-order valence-electron chi connectivity index (χ4n) is 2.16. The number of thiophene rings is 1. The zero-order chi connectivity index (χ0) is 13.4. The summed E-state index contributed by atoms with van der Waals surface area (Å²) in [6.45, 7) is 0. The Morgan fingerprint density at radius 2 is 2.32 bits per heavy atom. The molecule has 0 bridgehead atoms. The first-order valence-electron chi connectivity index (χ1n) is 6.01. The number of anilines is 1. The highest BCUT2D eigenvalue weighted by molar-refractivity contribution is 7.99. The predicted octanol–water partition coefficient (Wildman–Crippen LogP) is 3.37. The third-order valence-electron chi connectivity index (χ3n) is 3.16. The summed E-state index contributed by atoms with van der Waals surface area (Å²) in [6.07, 6.45) is 1.03. The molecule has 1 aliphatic heterocycles. The van der Waals surface area contributed by atoms with Gasteiger partial charge < -0.3 is 11.1 Å². The van der Waals surface area contributed by atoms with Gasteiger partial charge in [-0.2, -0.15) is 11.8 Å². The normalized spacial score (nSPS) is 18.9. The summed E-state index contributed by atoms with van der Waals surface area (Å²) in [5.74, 6) is 2.03. The van der Waals surface area contributed by atoms with Crippen molar-refractivity contribution in [3.8, 4) is 0 Å². The van der Waals surface area contributed by atoms with E-state index < -0.39 is 0 Å². The average Bonchev–Trinajstić information content (AvgIpc) is 2.97. The molecule has 0 radical (unpaired) electrons. The van der Waals surface area contributed by atoms with Gasteiger partial charge in [0.2, 0.25) is 0 Å². The lowest BCUT2D eigenvalue weighted by Gasteiger charge is -2.10. The number of nitrogens with two attached hydrogens (primary N) is 1. The van der Waals surface area contributed by atoms with Crippen molar-refractivity contribution in [1.82, 2.24) is 5.32 Å². The van der Waals surface area contributed by atoms with Gasteiger partial charge in [-0.1, -0.05) is 11.6 Å². The summed E-state index contributed by atoms with van der Waals surface area (Å²) in [7, 11) is 0. The zero-order valence-electron chi connectivity index (χ0n) is 10.1. The van der Waals surface area contributed by atoms with Crippen molar-refractivity contribution >= 4 is 56.4 Å². The maximum absolute atomic E-state index is 12.3. The molecule has 1 aromatic heterocycles. The van der Waals surface area contributed by atoms with Crippen LogP contribution in [0.2, 0.25) is 5.02 Å². The van der Waals surface area contributed by atoms with Gasteiger partial charge in [0.25, 0.3) is 5.91 Å². The van der Waals surface area contributed by atoms with E-state index in [9.17, 15) is 4.79 Å². The molecular weight excluding hydrogens is 300 g/mol. The van der Waals surface area contributed by atoms with Crippen LogP contribution < -0.4 is 11.1 Å². The summed E-state index contributed by atoms with van der Waals surface area (Å²) in [5.41, 5.74) is 6.62. The van der Waals surface area contributed by atoms with Crippen molar-refractivity contribution in [2.45, 2.75) is 12.5 Å². The summed E-state index contributed by atoms with van der Waals surface area (Å²) in [4.78, 5) is 12.8. The van der Waals surface area contributed by atoms with Crippen molar-refractivity contribution < 1.29 is 4.79 Å². The molecule has 3 rings (SSSR count). The molecule has 2 aromatic rings. The number of benzene rings is 1. The van der Waals surface area contributed by atoms with E-state index in [0.717, 1.165) is 28.0 Å². The Bertz CT molecular complexity index is 635. The molecular formula is C13H13ClN2OS2. The maximum atomic E-state index is 12.3. The molecule has 1 atom stereocenters. The number of carbonyl (C=O) groups excluding carboxylic acids is 1. The van der Waals surface area contributed by atoms with Gasteiger partial charge in [0.1, 0.15) is 4.88 Å². The van der Waals surface area contributed by atoms with Crippen molar-refractivity contribution in [1.29, 1.82) is 0 Å². The molecule has 1 saturated heterocycles. The van der Waals surface area contributed by atoms with Crippen molar-refractivity contribution in [3.05, 3.63) is 28.1 Å². The molecule has 1 amide bonds. The first-order chi connectivity index (χ1) is 9.15. The quantitative estimate of drug-likeness (QED) is 0.894. The monoisotopic (exact) mass is 312 g/mol. The minimum absolute atomic E-state index is 0.0673. The van der Waals surface area contributed by atoms with Gasteiger partial charge in [-0.25, -0.2) is 0 Å². The van der Waals surface area contributed by atoms with Crippen molar-refractivity contribution in [2.24, 2.45) is 0 Å². The molecule has 19 heavy (non-hydrogen) atoms. The summed E-state index contributed by atoms with van der Waals surface area (Å²) < 4.78 is 0.955. The smallest absolute Gasteiger partial charge is 0.263 e. The van der Waals surface area contributed by atoms with Crippen molar-refractivity contribution in [3.63, 3.8) is 0 Å². The topological polar surface area (TPSA) is 55.1 Å². The Balaban J connectivity index is 1.91. The van der Waals surface area contributed by atoms with E-state index in [1.807, 2.05) is 23.9 Å². The third kappa shape index (κ3) is 2.55. The van der Waals surface area contributed by atoms with Gasteiger partial charge in [0.05, 0.1) is 5.69 Å². The number of amides is 1. The molecule has 3 N–H and O–H groups in total. The second-order valence-corrected chi connectivity index (χ2v) is 7.16. The van der Waals surface area contributed by atoms with Gasteiger partial charge >= 0.3 is 0 Å². The van der Waals surface area contributed by atoms with E-state index in [0.29, 0.717) is 15.6 Å². The van der Waals surface area contributed by atoms with Crippen LogP contribution in [0.5, 0.6) is 0 Å². The highest BCUT2D eigenvalue weighted by Crippen LogP contribution is 2.35. The molecule has 2 heterocycles. The molecule has 0 spiro atoms. The lowest BCUT2D eigenvalue weighted by Crippen LogP contribution is -2.34. The minimum atomic E-state index is -0.0673. The average molecular weight is 313 g/mol. The Hall–Kier alpha value is -0.910. The number of rotatable bonds is 2. The highest BCUT2D eigenvalue weighted by atomic mass is 35.5. The Kier molecular flexibility index (Phi) is 3.60. The van der Waals surface area contributed by atoms with E-state index in [2.05, 4.69) is 5.32 Å². The van der Waals surface area contributed by atoms with Crippen LogP contribution in [0.3, 0.4) is 0 Å². The van der Waals surface area contributed by atoms with Gasteiger partial charge in [0.15, 0.2) is 0 Å². The Morgan fingerprint density at radius 1 is 1.47 bits per heavy atom. The summed E-state index contributed by atoms with van der Waals surface area (Å²) >= 11 is 9.23. The molecule has 3 nitrogen and oxygen atoms in total. The number of hydrogen-bond acceptors (Lipinski definition) is 4. The number of nitrogens with one attached hydrogen (secondary N) is 1. The molecule has 1 fully saturated rings. The number of thioether (sulfide) groups is 1. The van der Waals surface area contributed by atoms with Crippen LogP contribution in [-0.4, -0.2) is 23.5 Å². The van der Waals surface area contributed by atoms with Crippen LogP contribution in [0.15, 0.2) is 18.2 Å². The fraction of sp³-hybridized carbons (Fsp3) is 0.308. The lowest BCUT2D eigenvalue weighted by molar-refractivity contribution is 0.0946. The first-order valence-corrected chi connectivity index (χ1v) is 8.36. The molecule has 0 saturated carbocycles. The molecule has 1 unspecified atom stereocenters. The number of carbonyl (C=O) groups is 1. The second kappa shape index (κ2) is 5.23. The predicted molar refractivity (Wildman–Crippen MR) is 84.4 cm³/mol. The molecule has 1 aliphatic rings. The van der Waals surface area contributed by atoms with Gasteiger partial charge in [0, 0.05) is 26.9 Å². The molecule has 1 aromatic carbocycles. The largest absolute Gasteiger partial charge is 0.397 e. The lowest BCUT2D eigenvalue weighted by atomic mass is 10.2. The zero-order valence-corrected chi connectivity index (χ0v) is 12.5. The number of halogens is 1. The second-order valence-electron chi connectivity index (χ2n) is 4.52. The van der Waals surface area contributed by atoms with Crippen LogP contribution in [0, 0.1) is 0 Å². The molecule has 0 aliphatic carbocycles. The standard InChI is InChI=1S/C13H13ClN2OS2/c14-7-1-2-9-10(5-7)19-12(11(9)15)13(17)16-8-3-4-18-6-8/h1-2,5,8H,3-4,6,15H2,(H,16,17). The third-order valence-corrected chi connectivity index (χ3v) is 5.73. The Labute approximate surface area is 124 Å². The van der Waals surface area contributed by atoms with Gasteiger partial charge in [-0.3, -0.25) is 4.79 Å². The van der Waals surface area contributed by atoms with Crippen LogP contribution in [0.25, 0.3) is 10.1 Å². The van der Waals surface area contributed by atoms with Gasteiger partial charge in [-0.05, 0) is 30.4 Å². The maximum Gasteiger partial charge on any atom is 0.263 e. The van der Waals surface area contributed by atoms with Gasteiger partial charge in [-0.15, -0.1) is 11.3 Å². The SMILES string of the molecule is Nc1c(C(=O)NC2CCSC2)sc2cc(Cl)ccc12. The van der Waals surface area contributed by atoms with Crippen LogP contribution in [0.4, 0.5) is 5.69 Å². The number of hydrogen-bond donors (Lipinski definition) is 2. The van der Waals surface area contributed by atoms with Crippen molar-refractivity contribution in [2.75, 3.05) is 17.2 Å². The number of fused-ring (bicyclic) bond motifs is 1.